The highest BCUT2D eigenvalue weighted by atomic mass is 16.5. The summed E-state index contributed by atoms with van der Waals surface area (Å²) in [5, 5.41) is 12.2. The van der Waals surface area contributed by atoms with Crippen molar-refractivity contribution in [2.45, 2.75) is 19.8 Å². The zero-order valence-electron chi connectivity index (χ0n) is 16.3. The van der Waals surface area contributed by atoms with E-state index in [0.717, 1.165) is 37.6 Å². The van der Waals surface area contributed by atoms with Crippen LogP contribution in [0.1, 0.15) is 30.9 Å². The quantitative estimate of drug-likeness (QED) is 0.629. The predicted octanol–water partition coefficient (Wildman–Crippen LogP) is 4.19. The van der Waals surface area contributed by atoms with Crippen LogP contribution in [0.3, 0.4) is 0 Å². The lowest BCUT2D eigenvalue weighted by Gasteiger charge is -2.28. The number of rotatable bonds is 5. The lowest BCUT2D eigenvalue weighted by molar-refractivity contribution is -0.112. The molecule has 144 valence electrons. The van der Waals surface area contributed by atoms with Crippen LogP contribution in [0.5, 0.6) is 0 Å². The lowest BCUT2D eigenvalue weighted by Crippen LogP contribution is -2.36. The molecule has 0 spiro atoms. The van der Waals surface area contributed by atoms with Gasteiger partial charge in [0.1, 0.15) is 11.6 Å². The number of hydrogen-bond acceptors (Lipinski definition) is 4. The third-order valence-corrected chi connectivity index (χ3v) is 4.78. The maximum atomic E-state index is 12.5. The Labute approximate surface area is 166 Å². The maximum Gasteiger partial charge on any atom is 0.266 e. The molecule has 5 heteroatoms. The molecule has 28 heavy (non-hydrogen) atoms. The largest absolute Gasteiger partial charge is 0.378 e. The summed E-state index contributed by atoms with van der Waals surface area (Å²) in [6.07, 6.45) is 1.61. The molecular weight excluding hydrogens is 350 g/mol. The standard InChI is InChI=1S/C23H25N3O2/c1-17(2)19-5-3-18(4-6-19)15-20(16-24)23(27)25-21-7-9-22(10-8-21)26-11-13-28-14-12-26/h3-10,15,17H,11-14H2,1-2H3,(H,25,27). The predicted molar refractivity (Wildman–Crippen MR) is 112 cm³/mol. The van der Waals surface area contributed by atoms with Gasteiger partial charge in [0.25, 0.3) is 5.91 Å². The van der Waals surface area contributed by atoms with Crippen molar-refractivity contribution >= 4 is 23.4 Å². The molecule has 0 atom stereocenters. The molecule has 3 rings (SSSR count). The number of ether oxygens (including phenoxy) is 1. The van der Waals surface area contributed by atoms with Gasteiger partial charge in [0.15, 0.2) is 0 Å². The Morgan fingerprint density at radius 1 is 1.11 bits per heavy atom. The Hall–Kier alpha value is -3.10. The Bertz CT molecular complexity index is 872. The minimum absolute atomic E-state index is 0.0783. The smallest absolute Gasteiger partial charge is 0.266 e. The van der Waals surface area contributed by atoms with Crippen LogP contribution in [0.4, 0.5) is 11.4 Å². The van der Waals surface area contributed by atoms with E-state index in [9.17, 15) is 10.1 Å². The zero-order valence-corrected chi connectivity index (χ0v) is 16.3. The van der Waals surface area contributed by atoms with Gasteiger partial charge in [0, 0.05) is 24.5 Å². The van der Waals surface area contributed by atoms with Crippen LogP contribution in [0.15, 0.2) is 54.1 Å². The molecule has 1 heterocycles. The van der Waals surface area contributed by atoms with E-state index in [2.05, 4.69) is 24.1 Å². The first-order chi connectivity index (χ1) is 13.6. The number of nitrogens with one attached hydrogen (secondary N) is 1. The van der Waals surface area contributed by atoms with Crippen molar-refractivity contribution in [2.75, 3.05) is 36.5 Å². The van der Waals surface area contributed by atoms with Gasteiger partial charge in [0.05, 0.1) is 13.2 Å². The lowest BCUT2D eigenvalue weighted by atomic mass is 10.0. The Morgan fingerprint density at radius 2 is 1.75 bits per heavy atom. The van der Waals surface area contributed by atoms with Gasteiger partial charge < -0.3 is 15.0 Å². The molecule has 1 aliphatic heterocycles. The van der Waals surface area contributed by atoms with Gasteiger partial charge in [-0.2, -0.15) is 5.26 Å². The second kappa shape index (κ2) is 9.20. The Morgan fingerprint density at radius 3 is 2.32 bits per heavy atom. The van der Waals surface area contributed by atoms with Crippen molar-refractivity contribution in [3.8, 4) is 6.07 Å². The maximum absolute atomic E-state index is 12.5. The number of anilines is 2. The molecule has 1 aliphatic rings. The normalized spacial score (nSPS) is 14.6. The number of carbonyl (C=O) groups excluding carboxylic acids is 1. The number of hydrogen-bond donors (Lipinski definition) is 1. The van der Waals surface area contributed by atoms with Crippen molar-refractivity contribution < 1.29 is 9.53 Å². The summed E-state index contributed by atoms with van der Waals surface area (Å²) in [5.41, 5.74) is 3.90. The third-order valence-electron chi connectivity index (χ3n) is 4.78. The van der Waals surface area contributed by atoms with E-state index in [-0.39, 0.29) is 5.57 Å². The van der Waals surface area contributed by atoms with Gasteiger partial charge in [-0.15, -0.1) is 0 Å². The zero-order chi connectivity index (χ0) is 19.9. The molecule has 0 aromatic heterocycles. The van der Waals surface area contributed by atoms with Crippen LogP contribution in [0.25, 0.3) is 6.08 Å². The van der Waals surface area contributed by atoms with E-state index in [1.54, 1.807) is 6.08 Å². The average Bonchev–Trinajstić information content (AvgIpc) is 2.73. The van der Waals surface area contributed by atoms with Crippen molar-refractivity contribution in [2.24, 2.45) is 0 Å². The van der Waals surface area contributed by atoms with Gasteiger partial charge in [0.2, 0.25) is 0 Å². The van der Waals surface area contributed by atoms with Crippen molar-refractivity contribution in [3.63, 3.8) is 0 Å². The summed E-state index contributed by atoms with van der Waals surface area (Å²) < 4.78 is 5.37. The van der Waals surface area contributed by atoms with E-state index in [0.29, 0.717) is 11.6 Å². The van der Waals surface area contributed by atoms with Gasteiger partial charge >= 0.3 is 0 Å². The minimum Gasteiger partial charge on any atom is -0.378 e. The molecule has 1 fully saturated rings. The summed E-state index contributed by atoms with van der Waals surface area (Å²) in [4.78, 5) is 14.7. The Balaban J connectivity index is 1.67. The van der Waals surface area contributed by atoms with Crippen LogP contribution >= 0.6 is 0 Å². The third kappa shape index (κ3) is 4.99. The fourth-order valence-electron chi connectivity index (χ4n) is 3.07. The first-order valence-electron chi connectivity index (χ1n) is 9.52. The van der Waals surface area contributed by atoms with Gasteiger partial charge in [-0.3, -0.25) is 4.79 Å². The molecule has 1 amide bonds. The summed E-state index contributed by atoms with van der Waals surface area (Å²) in [5.74, 6) is 0.0340. The Kier molecular flexibility index (Phi) is 6.46. The van der Waals surface area contributed by atoms with E-state index in [1.165, 1.54) is 5.56 Å². The summed E-state index contributed by atoms with van der Waals surface area (Å²) >= 11 is 0. The number of benzene rings is 2. The minimum atomic E-state index is -0.408. The van der Waals surface area contributed by atoms with Gasteiger partial charge in [-0.1, -0.05) is 38.1 Å². The van der Waals surface area contributed by atoms with Gasteiger partial charge in [-0.05, 0) is 47.4 Å². The molecule has 1 saturated heterocycles. The molecule has 5 nitrogen and oxygen atoms in total. The van der Waals surface area contributed by atoms with E-state index < -0.39 is 5.91 Å². The summed E-state index contributed by atoms with van der Waals surface area (Å²) in [6, 6.07) is 17.6. The van der Waals surface area contributed by atoms with Crippen LogP contribution < -0.4 is 10.2 Å². The molecule has 0 unspecified atom stereocenters. The van der Waals surface area contributed by atoms with Crippen LogP contribution in [0.2, 0.25) is 0 Å². The molecule has 1 N–H and O–H groups in total. The number of nitriles is 1. The molecule has 0 aliphatic carbocycles. The number of nitrogens with zero attached hydrogens (tertiary/aromatic N) is 2. The molecule has 2 aromatic carbocycles. The van der Waals surface area contributed by atoms with Crippen LogP contribution in [-0.4, -0.2) is 32.2 Å². The monoisotopic (exact) mass is 375 g/mol. The van der Waals surface area contributed by atoms with E-state index >= 15 is 0 Å². The highest BCUT2D eigenvalue weighted by molar-refractivity contribution is 6.09. The van der Waals surface area contributed by atoms with E-state index in [4.69, 9.17) is 4.74 Å². The molecule has 0 radical (unpaired) electrons. The number of amides is 1. The second-order valence-corrected chi connectivity index (χ2v) is 7.09. The van der Waals surface area contributed by atoms with Gasteiger partial charge in [-0.25, -0.2) is 0 Å². The molecule has 0 bridgehead atoms. The first-order valence-corrected chi connectivity index (χ1v) is 9.52. The number of morpholine rings is 1. The van der Waals surface area contributed by atoms with Crippen LogP contribution in [-0.2, 0) is 9.53 Å². The first kappa shape index (κ1) is 19.7. The summed E-state index contributed by atoms with van der Waals surface area (Å²) in [7, 11) is 0. The highest BCUT2D eigenvalue weighted by Gasteiger charge is 2.13. The highest BCUT2D eigenvalue weighted by Crippen LogP contribution is 2.20. The topological polar surface area (TPSA) is 65.4 Å². The SMILES string of the molecule is CC(C)c1ccc(C=C(C#N)C(=O)Nc2ccc(N3CCOCC3)cc2)cc1. The van der Waals surface area contributed by atoms with Crippen molar-refractivity contribution in [1.29, 1.82) is 5.26 Å². The fourth-order valence-corrected chi connectivity index (χ4v) is 3.07. The fraction of sp³-hybridized carbons (Fsp3) is 0.304. The molecular formula is C23H25N3O2. The molecule has 2 aromatic rings. The summed E-state index contributed by atoms with van der Waals surface area (Å²) in [6.45, 7) is 7.44. The van der Waals surface area contributed by atoms with Crippen LogP contribution in [0, 0.1) is 11.3 Å². The second-order valence-electron chi connectivity index (χ2n) is 7.09. The van der Waals surface area contributed by atoms with Crippen molar-refractivity contribution in [3.05, 3.63) is 65.2 Å². The van der Waals surface area contributed by atoms with E-state index in [1.807, 2.05) is 54.6 Å². The van der Waals surface area contributed by atoms with Crippen molar-refractivity contribution in [1.82, 2.24) is 0 Å². The average molecular weight is 375 g/mol. The number of carbonyl (C=O) groups is 1. The molecule has 0 saturated carbocycles.